The molecule has 1 saturated heterocycles. The molecule has 200 valence electrons. The molecule has 0 aromatic heterocycles. The Morgan fingerprint density at radius 1 is 1.05 bits per heavy atom. The Balaban J connectivity index is 1.82. The van der Waals surface area contributed by atoms with Crippen molar-refractivity contribution in [3.63, 3.8) is 0 Å². The predicted octanol–water partition coefficient (Wildman–Crippen LogP) is 7.25. The second-order valence-electron chi connectivity index (χ2n) is 7.75. The Morgan fingerprint density at radius 3 is 2.38 bits per heavy atom. The topological polar surface area (TPSA) is 119 Å². The van der Waals surface area contributed by atoms with Crippen molar-refractivity contribution in [1.82, 2.24) is 5.32 Å². The van der Waals surface area contributed by atoms with Gasteiger partial charge in [-0.2, -0.15) is 13.2 Å². The van der Waals surface area contributed by atoms with Crippen molar-refractivity contribution in [2.45, 2.75) is 6.18 Å². The molecule has 0 atom stereocenters. The number of alkyl halides is 3. The van der Waals surface area contributed by atoms with Crippen molar-refractivity contribution in [3.8, 4) is 11.5 Å². The van der Waals surface area contributed by atoms with Crippen molar-refractivity contribution in [1.29, 1.82) is 0 Å². The predicted molar refractivity (Wildman–Crippen MR) is 140 cm³/mol. The van der Waals surface area contributed by atoms with Gasteiger partial charge in [-0.05, 0) is 58.4 Å². The van der Waals surface area contributed by atoms with Crippen LogP contribution in [0.5, 0.6) is 11.5 Å². The van der Waals surface area contributed by atoms with Crippen molar-refractivity contribution < 1.29 is 37.2 Å². The minimum absolute atomic E-state index is 0.00680. The number of nitro benzene ring substituents is 1. The number of urea groups is 1. The highest BCUT2D eigenvalue weighted by atomic mass is 79.9. The molecule has 0 radical (unpaired) electrons. The fraction of sp³-hybridized carbons (Fsp3) is 0.0417. The third kappa shape index (κ3) is 5.82. The van der Waals surface area contributed by atoms with E-state index < -0.39 is 51.5 Å². The van der Waals surface area contributed by atoms with E-state index in [9.17, 15) is 37.7 Å². The van der Waals surface area contributed by atoms with E-state index >= 15 is 0 Å². The Bertz CT molecular complexity index is 1600. The summed E-state index contributed by atoms with van der Waals surface area (Å²) in [5, 5.41) is 13.6. The number of carbonyl (C=O) groups is 3. The number of nitrogens with one attached hydrogen (secondary N) is 1. The molecule has 3 aromatic rings. The van der Waals surface area contributed by atoms with Gasteiger partial charge in [-0.25, -0.2) is 9.69 Å². The number of nitro groups is 1. The molecule has 1 heterocycles. The molecule has 0 aliphatic carbocycles. The van der Waals surface area contributed by atoms with Crippen LogP contribution in [0.25, 0.3) is 6.08 Å². The van der Waals surface area contributed by atoms with Gasteiger partial charge in [-0.3, -0.25) is 25.0 Å². The quantitative estimate of drug-likeness (QED) is 0.131. The van der Waals surface area contributed by atoms with Crippen molar-refractivity contribution >= 4 is 78.8 Å². The first-order valence-electron chi connectivity index (χ1n) is 10.5. The number of amides is 4. The van der Waals surface area contributed by atoms with E-state index in [1.807, 2.05) is 5.32 Å². The Labute approximate surface area is 238 Å². The molecule has 4 rings (SSSR count). The van der Waals surface area contributed by atoms with Crippen molar-refractivity contribution in [3.05, 3.63) is 95.4 Å². The number of carbonyl (C=O) groups excluding carboxylic acids is 3. The van der Waals surface area contributed by atoms with Crippen LogP contribution in [-0.4, -0.2) is 22.8 Å². The summed E-state index contributed by atoms with van der Waals surface area (Å²) >= 11 is 12.6. The molecule has 1 aliphatic heterocycles. The number of barbiturate groups is 1. The maximum Gasteiger partial charge on any atom is 0.416 e. The smallest absolute Gasteiger partial charge is 0.416 e. The minimum atomic E-state index is -4.84. The van der Waals surface area contributed by atoms with Crippen LogP contribution in [0.15, 0.2) is 69.1 Å². The van der Waals surface area contributed by atoms with E-state index in [1.54, 1.807) is 6.07 Å². The lowest BCUT2D eigenvalue weighted by atomic mass is 10.1. The Hall–Kier alpha value is -3.75. The molecule has 1 aliphatic rings. The van der Waals surface area contributed by atoms with Gasteiger partial charge in [-0.15, -0.1) is 0 Å². The highest BCUT2D eigenvalue weighted by Gasteiger charge is 2.38. The van der Waals surface area contributed by atoms with Gasteiger partial charge >= 0.3 is 17.9 Å². The Morgan fingerprint density at radius 2 is 1.74 bits per heavy atom. The normalized spacial score (nSPS) is 15.0. The third-order valence-electron chi connectivity index (χ3n) is 5.23. The van der Waals surface area contributed by atoms with Crippen LogP contribution in [0.3, 0.4) is 0 Å². The number of nitrogens with zero attached hydrogens (tertiary/aromatic N) is 2. The molecule has 1 N–H and O–H groups in total. The second-order valence-corrected chi connectivity index (χ2v) is 9.93. The Kier molecular flexibility index (Phi) is 7.82. The second kappa shape index (κ2) is 10.8. The SMILES string of the molecule is O=C1NC(=O)N(c2ccccc2Cl)C(=O)/C1=C/c1cc(Br)cc(Br)c1Oc1ccc(C(F)(F)F)cc1[N+](=O)[O-]. The van der Waals surface area contributed by atoms with Crippen LogP contribution >= 0.6 is 43.5 Å². The summed E-state index contributed by atoms with van der Waals surface area (Å²) in [6.07, 6.45) is -3.77. The minimum Gasteiger partial charge on any atom is -0.448 e. The summed E-state index contributed by atoms with van der Waals surface area (Å²) in [4.78, 5) is 49.6. The zero-order valence-corrected chi connectivity index (χ0v) is 22.8. The molecular formula is C24H11Br2ClF3N3O6. The number of hydrogen-bond acceptors (Lipinski definition) is 6. The number of imide groups is 2. The van der Waals surface area contributed by atoms with E-state index in [0.29, 0.717) is 21.5 Å². The largest absolute Gasteiger partial charge is 0.448 e. The summed E-state index contributed by atoms with van der Waals surface area (Å²) < 4.78 is 45.6. The van der Waals surface area contributed by atoms with Crippen LogP contribution in [0.2, 0.25) is 5.02 Å². The monoisotopic (exact) mass is 687 g/mol. The van der Waals surface area contributed by atoms with Crippen molar-refractivity contribution in [2.75, 3.05) is 4.90 Å². The van der Waals surface area contributed by atoms with Gasteiger partial charge in [0.15, 0.2) is 0 Å². The molecular weight excluding hydrogens is 679 g/mol. The molecule has 1 fully saturated rings. The van der Waals surface area contributed by atoms with E-state index in [-0.39, 0.29) is 26.5 Å². The van der Waals surface area contributed by atoms with Crippen LogP contribution < -0.4 is 15.0 Å². The van der Waals surface area contributed by atoms with Crippen LogP contribution in [0.1, 0.15) is 11.1 Å². The number of halogens is 6. The molecule has 3 aromatic carbocycles. The summed E-state index contributed by atoms with van der Waals surface area (Å²) in [5.74, 6) is -2.78. The zero-order valence-electron chi connectivity index (χ0n) is 18.9. The molecule has 4 amide bonds. The first-order chi connectivity index (χ1) is 18.3. The first kappa shape index (κ1) is 28.3. The highest BCUT2D eigenvalue weighted by Crippen LogP contribution is 2.42. The maximum atomic E-state index is 13.3. The lowest BCUT2D eigenvalue weighted by Crippen LogP contribution is -2.54. The molecule has 0 spiro atoms. The molecule has 9 nitrogen and oxygen atoms in total. The maximum absolute atomic E-state index is 13.3. The third-order valence-corrected chi connectivity index (χ3v) is 6.59. The zero-order chi connectivity index (χ0) is 28.6. The summed E-state index contributed by atoms with van der Waals surface area (Å²) in [7, 11) is 0. The number of hydrogen-bond donors (Lipinski definition) is 1. The van der Waals surface area contributed by atoms with Gasteiger partial charge in [-0.1, -0.05) is 39.7 Å². The van der Waals surface area contributed by atoms with Crippen LogP contribution in [0, 0.1) is 10.1 Å². The van der Waals surface area contributed by atoms with Gasteiger partial charge in [0.1, 0.15) is 11.3 Å². The van der Waals surface area contributed by atoms with Crippen LogP contribution in [0.4, 0.5) is 29.3 Å². The van der Waals surface area contributed by atoms with Crippen LogP contribution in [-0.2, 0) is 15.8 Å². The molecule has 39 heavy (non-hydrogen) atoms. The van der Waals surface area contributed by atoms with Gasteiger partial charge in [0.2, 0.25) is 5.75 Å². The number of rotatable bonds is 5. The van der Waals surface area contributed by atoms with Gasteiger partial charge < -0.3 is 4.74 Å². The number of benzene rings is 3. The van der Waals surface area contributed by atoms with E-state index in [2.05, 4.69) is 31.9 Å². The van der Waals surface area contributed by atoms with E-state index in [4.69, 9.17) is 16.3 Å². The summed E-state index contributed by atoms with van der Waals surface area (Å²) in [6, 6.07) is 9.45. The summed E-state index contributed by atoms with van der Waals surface area (Å²) in [6.45, 7) is 0. The summed E-state index contributed by atoms with van der Waals surface area (Å²) in [5.41, 5.74) is -2.73. The van der Waals surface area contributed by atoms with E-state index in [0.717, 1.165) is 12.1 Å². The fourth-order valence-electron chi connectivity index (χ4n) is 3.49. The average Bonchev–Trinajstić information content (AvgIpc) is 2.84. The number of anilines is 1. The highest BCUT2D eigenvalue weighted by molar-refractivity contribution is 9.11. The fourth-order valence-corrected chi connectivity index (χ4v) is 5.05. The number of para-hydroxylation sites is 1. The van der Waals surface area contributed by atoms with E-state index in [1.165, 1.54) is 30.3 Å². The average molecular weight is 690 g/mol. The number of ether oxygens (including phenoxy) is 1. The van der Waals surface area contributed by atoms with Gasteiger partial charge in [0.05, 0.1) is 25.7 Å². The van der Waals surface area contributed by atoms with Gasteiger partial charge in [0.25, 0.3) is 11.8 Å². The lowest BCUT2D eigenvalue weighted by Gasteiger charge is -2.27. The van der Waals surface area contributed by atoms with Crippen molar-refractivity contribution in [2.24, 2.45) is 0 Å². The standard InChI is InChI=1S/C24H11Br2ClF3N3O6/c25-13-7-11(8-14-21(34)31-23(36)32(22(14)35)17-4-2-1-3-16(17)27)20(15(26)10-13)39-19-6-5-12(24(28,29)30)9-18(19)33(37)38/h1-10H,(H,31,34,36)/b14-8+. The molecule has 0 unspecified atom stereocenters. The molecule has 15 heteroatoms. The lowest BCUT2D eigenvalue weighted by molar-refractivity contribution is -0.385. The molecule has 0 saturated carbocycles. The van der Waals surface area contributed by atoms with Gasteiger partial charge in [0, 0.05) is 16.1 Å². The first-order valence-corrected chi connectivity index (χ1v) is 12.4. The molecule has 0 bridgehead atoms.